The number of aliphatic hydroxyl groups is 2. The first-order chi connectivity index (χ1) is 18.7. The Morgan fingerprint density at radius 1 is 1.28 bits per heavy atom. The average molecular weight is 560 g/mol. The van der Waals surface area contributed by atoms with Crippen LogP contribution in [0.4, 0.5) is 10.3 Å². The normalized spacial score (nSPS) is 22.5. The number of pyridine rings is 1. The van der Waals surface area contributed by atoms with Crippen LogP contribution in [0.2, 0.25) is 5.02 Å². The summed E-state index contributed by atoms with van der Waals surface area (Å²) in [6.07, 6.45) is 2.18. The summed E-state index contributed by atoms with van der Waals surface area (Å²) in [6, 6.07) is 2.92. The molecule has 2 aliphatic rings. The van der Waals surface area contributed by atoms with Crippen LogP contribution in [0.3, 0.4) is 0 Å². The second-order valence-electron chi connectivity index (χ2n) is 10.8. The number of nitrogens with zero attached hydrogens (tertiary/aromatic N) is 4. The van der Waals surface area contributed by atoms with Crippen molar-refractivity contribution in [2.45, 2.75) is 70.9 Å². The number of anilines is 1. The summed E-state index contributed by atoms with van der Waals surface area (Å²) in [5, 5.41) is 24.2. The van der Waals surface area contributed by atoms with E-state index in [9.17, 15) is 15.0 Å². The molecule has 3 aromatic rings. The van der Waals surface area contributed by atoms with Crippen molar-refractivity contribution in [3.05, 3.63) is 50.7 Å². The number of fused-ring (bicyclic) bond motifs is 1. The molecule has 0 saturated carbocycles. The average Bonchev–Trinajstić information content (AvgIpc) is 2.90. The molecule has 9 nitrogen and oxygen atoms in total. The number of aromatic nitrogens is 3. The summed E-state index contributed by atoms with van der Waals surface area (Å²) in [4.78, 5) is 24.2. The van der Waals surface area contributed by atoms with Crippen LogP contribution in [0.25, 0.3) is 22.2 Å². The minimum atomic E-state index is -0.733. The van der Waals surface area contributed by atoms with Crippen molar-refractivity contribution in [2.24, 2.45) is 0 Å². The zero-order valence-corrected chi connectivity index (χ0v) is 23.2. The van der Waals surface area contributed by atoms with Crippen molar-refractivity contribution in [3.8, 4) is 11.3 Å². The Morgan fingerprint density at radius 2 is 2.08 bits per heavy atom. The topological polar surface area (TPSA) is 113 Å². The molecule has 2 saturated heterocycles. The molecule has 2 aliphatic heterocycles. The molecular weight excluding hydrogens is 525 g/mol. The first-order valence-corrected chi connectivity index (χ1v) is 13.8. The third-order valence-corrected chi connectivity index (χ3v) is 8.06. The van der Waals surface area contributed by atoms with Gasteiger partial charge in [-0.15, -0.1) is 0 Å². The van der Waals surface area contributed by atoms with E-state index in [1.807, 2.05) is 20.8 Å². The summed E-state index contributed by atoms with van der Waals surface area (Å²) in [6.45, 7) is 8.43. The maximum absolute atomic E-state index is 15.1. The number of halogens is 2. The highest BCUT2D eigenvalue weighted by atomic mass is 35.5. The fraction of sp³-hybridized carbons (Fsp3) is 0.536. The van der Waals surface area contributed by atoms with Gasteiger partial charge in [0.2, 0.25) is 5.95 Å². The number of β-amino-alcohol motifs (C(OH)–C–C–N with tert-alkyl or cyclic N) is 1. The molecular formula is C28H35ClFN5O4. The fourth-order valence-electron chi connectivity index (χ4n) is 5.65. The Bertz CT molecular complexity index is 1430. The molecule has 2 aromatic heterocycles. The molecule has 0 unspecified atom stereocenters. The van der Waals surface area contributed by atoms with Gasteiger partial charge in [0.15, 0.2) is 11.2 Å². The van der Waals surface area contributed by atoms with Crippen molar-refractivity contribution < 1.29 is 19.3 Å². The smallest absolute Gasteiger partial charge is 0.223 e. The molecule has 5 rings (SSSR count). The molecule has 0 spiro atoms. The third kappa shape index (κ3) is 5.53. The van der Waals surface area contributed by atoms with E-state index in [-0.39, 0.29) is 46.9 Å². The second-order valence-corrected chi connectivity index (χ2v) is 11.2. The van der Waals surface area contributed by atoms with Gasteiger partial charge in [-0.1, -0.05) is 17.7 Å². The highest BCUT2D eigenvalue weighted by molar-refractivity contribution is 6.37. The highest BCUT2D eigenvalue weighted by Crippen LogP contribution is 2.36. The zero-order valence-electron chi connectivity index (χ0n) is 22.5. The van der Waals surface area contributed by atoms with E-state index in [0.717, 1.165) is 31.3 Å². The van der Waals surface area contributed by atoms with Crippen LogP contribution in [0, 0.1) is 12.7 Å². The molecule has 39 heavy (non-hydrogen) atoms. The van der Waals surface area contributed by atoms with Crippen molar-refractivity contribution in [2.75, 3.05) is 31.6 Å². The first kappa shape index (κ1) is 27.9. The van der Waals surface area contributed by atoms with E-state index < -0.39 is 11.9 Å². The quantitative estimate of drug-likeness (QED) is 0.419. The fourth-order valence-corrected chi connectivity index (χ4v) is 5.99. The Morgan fingerprint density at radius 3 is 2.79 bits per heavy atom. The minimum absolute atomic E-state index is 0.00461. The molecule has 0 bridgehead atoms. The molecule has 0 aliphatic carbocycles. The van der Waals surface area contributed by atoms with Crippen LogP contribution < -0.4 is 10.7 Å². The highest BCUT2D eigenvalue weighted by Gasteiger charge is 2.27. The number of piperidine rings is 1. The molecule has 3 N–H and O–H groups in total. The Kier molecular flexibility index (Phi) is 8.21. The lowest BCUT2D eigenvalue weighted by atomic mass is 10.0. The SMILES string of the molecule is Cc1c(CN2CCC[C@H](O)C2)n(C(C)C)c2c(Cl)c(-c3nc(N[C@@H]4CCOC[C@H]4O)ncc3F)ccc2c1=O. The lowest BCUT2D eigenvalue weighted by molar-refractivity contribution is -0.0136. The van der Waals surface area contributed by atoms with E-state index in [0.29, 0.717) is 48.1 Å². The van der Waals surface area contributed by atoms with Gasteiger partial charge in [-0.2, -0.15) is 0 Å². The van der Waals surface area contributed by atoms with Gasteiger partial charge in [-0.3, -0.25) is 9.69 Å². The van der Waals surface area contributed by atoms with Crippen LogP contribution in [-0.2, 0) is 11.3 Å². The molecule has 0 amide bonds. The maximum Gasteiger partial charge on any atom is 0.223 e. The van der Waals surface area contributed by atoms with Gasteiger partial charge < -0.3 is 24.8 Å². The maximum atomic E-state index is 15.1. The van der Waals surface area contributed by atoms with Crippen molar-refractivity contribution in [3.63, 3.8) is 0 Å². The van der Waals surface area contributed by atoms with E-state index in [1.165, 1.54) is 0 Å². The number of benzene rings is 1. The van der Waals surface area contributed by atoms with Crippen LogP contribution in [-0.4, -0.2) is 74.2 Å². The van der Waals surface area contributed by atoms with Gasteiger partial charge in [-0.25, -0.2) is 14.4 Å². The Hall–Kier alpha value is -2.63. The predicted molar refractivity (Wildman–Crippen MR) is 149 cm³/mol. The number of nitrogens with one attached hydrogen (secondary N) is 1. The lowest BCUT2D eigenvalue weighted by Gasteiger charge is -2.32. The number of likely N-dealkylation sites (tertiary alicyclic amines) is 1. The number of hydrogen-bond donors (Lipinski definition) is 3. The molecule has 3 atom stereocenters. The summed E-state index contributed by atoms with van der Waals surface area (Å²) >= 11 is 7.01. The zero-order chi connectivity index (χ0) is 27.8. The van der Waals surface area contributed by atoms with Gasteiger partial charge in [0.05, 0.1) is 41.6 Å². The Balaban J connectivity index is 1.62. The molecule has 11 heteroatoms. The summed E-state index contributed by atoms with van der Waals surface area (Å²) in [7, 11) is 0. The summed E-state index contributed by atoms with van der Waals surface area (Å²) < 4.78 is 22.5. The number of ether oxygens (including phenoxy) is 1. The lowest BCUT2D eigenvalue weighted by Crippen LogP contribution is -2.42. The van der Waals surface area contributed by atoms with Gasteiger partial charge >= 0.3 is 0 Å². The minimum Gasteiger partial charge on any atom is -0.392 e. The number of rotatable bonds is 6. The molecule has 1 aromatic carbocycles. The molecule has 4 heterocycles. The summed E-state index contributed by atoms with van der Waals surface area (Å²) in [5.41, 5.74) is 2.22. The largest absolute Gasteiger partial charge is 0.392 e. The van der Waals surface area contributed by atoms with Gasteiger partial charge in [0.25, 0.3) is 0 Å². The van der Waals surface area contributed by atoms with Crippen LogP contribution in [0.15, 0.2) is 23.1 Å². The van der Waals surface area contributed by atoms with E-state index in [2.05, 4.69) is 24.8 Å². The number of hydrogen-bond acceptors (Lipinski definition) is 8. The second kappa shape index (κ2) is 11.5. The standard InChI is InChI=1S/C28H35ClFN5O4/c1-15(2)35-22(13-34-9-4-5-17(36)12-34)16(3)27(38)19-7-6-18(24(29)26(19)35)25-20(30)11-31-28(33-25)32-21-8-10-39-14-23(21)37/h6-7,11,15,17,21,23,36-37H,4-5,8-10,12-14H2,1-3H3,(H,31,32,33)/t17-,21+,23+/m0/s1. The van der Waals surface area contributed by atoms with Crippen LogP contribution >= 0.6 is 11.6 Å². The van der Waals surface area contributed by atoms with Gasteiger partial charge in [0, 0.05) is 47.9 Å². The van der Waals surface area contributed by atoms with Crippen LogP contribution in [0.1, 0.15) is 50.4 Å². The third-order valence-electron chi connectivity index (χ3n) is 7.68. The first-order valence-electron chi connectivity index (χ1n) is 13.5. The molecule has 2 fully saturated rings. The van der Waals surface area contributed by atoms with Crippen molar-refractivity contribution >= 4 is 28.5 Å². The predicted octanol–water partition coefficient (Wildman–Crippen LogP) is 3.66. The summed E-state index contributed by atoms with van der Waals surface area (Å²) in [5.74, 6) is -0.481. The molecule has 210 valence electrons. The van der Waals surface area contributed by atoms with E-state index >= 15 is 4.39 Å². The van der Waals surface area contributed by atoms with Gasteiger partial charge in [0.1, 0.15) is 5.69 Å². The van der Waals surface area contributed by atoms with Gasteiger partial charge in [-0.05, 0) is 52.6 Å². The molecule has 0 radical (unpaired) electrons. The van der Waals surface area contributed by atoms with E-state index in [1.54, 1.807) is 12.1 Å². The van der Waals surface area contributed by atoms with Crippen molar-refractivity contribution in [1.29, 1.82) is 0 Å². The van der Waals surface area contributed by atoms with E-state index in [4.69, 9.17) is 16.3 Å². The monoisotopic (exact) mass is 559 g/mol. The van der Waals surface area contributed by atoms with Crippen molar-refractivity contribution in [1.82, 2.24) is 19.4 Å². The van der Waals surface area contributed by atoms with Crippen LogP contribution in [0.5, 0.6) is 0 Å². The number of aliphatic hydroxyl groups excluding tert-OH is 2. The Labute approximate surface area is 231 Å².